The molecule has 150 valence electrons. The van der Waals surface area contributed by atoms with Crippen LogP contribution in [0.15, 0.2) is 6.07 Å². The molecule has 1 aromatic carbocycles. The molecule has 0 fully saturated rings. The van der Waals surface area contributed by atoms with Crippen molar-refractivity contribution < 1.29 is 20.4 Å². The molecule has 1 aromatic rings. The van der Waals surface area contributed by atoms with Crippen LogP contribution in [0.3, 0.4) is 0 Å². The largest absolute Gasteiger partial charge is 0.393 e. The first-order valence-electron chi connectivity index (χ1n) is 9.44. The van der Waals surface area contributed by atoms with Crippen LogP contribution in [0.2, 0.25) is 0 Å². The highest BCUT2D eigenvalue weighted by atomic mass is 16.3. The van der Waals surface area contributed by atoms with Crippen molar-refractivity contribution in [1.82, 2.24) is 5.32 Å². The van der Waals surface area contributed by atoms with Crippen molar-refractivity contribution in [2.24, 2.45) is 5.73 Å². The summed E-state index contributed by atoms with van der Waals surface area (Å²) in [5.74, 6) is 0. The molecule has 1 rings (SSSR count). The van der Waals surface area contributed by atoms with E-state index in [1.807, 2.05) is 6.07 Å². The fourth-order valence-corrected chi connectivity index (χ4v) is 3.37. The molecule has 0 saturated heterocycles. The normalized spacial score (nSPS) is 16.3. The van der Waals surface area contributed by atoms with Crippen LogP contribution in [0.1, 0.15) is 55.5 Å². The van der Waals surface area contributed by atoms with Gasteiger partial charge in [0.2, 0.25) is 0 Å². The maximum Gasteiger partial charge on any atom is 0.0636 e. The van der Waals surface area contributed by atoms with E-state index in [0.29, 0.717) is 38.9 Å². The molecule has 6 nitrogen and oxygen atoms in total. The lowest BCUT2D eigenvalue weighted by Gasteiger charge is -2.25. The van der Waals surface area contributed by atoms with Gasteiger partial charge in [0.1, 0.15) is 0 Å². The Morgan fingerprint density at radius 2 is 1.31 bits per heavy atom. The summed E-state index contributed by atoms with van der Waals surface area (Å²) >= 11 is 0. The van der Waals surface area contributed by atoms with Gasteiger partial charge in [-0.1, -0.05) is 6.07 Å². The molecule has 26 heavy (non-hydrogen) atoms. The first-order chi connectivity index (χ1) is 12.1. The summed E-state index contributed by atoms with van der Waals surface area (Å²) in [6.45, 7) is 8.28. The molecule has 0 spiro atoms. The van der Waals surface area contributed by atoms with Gasteiger partial charge in [0.15, 0.2) is 0 Å². The third-order valence-electron chi connectivity index (χ3n) is 4.33. The summed E-state index contributed by atoms with van der Waals surface area (Å²) in [6, 6.07) is 2.03. The van der Waals surface area contributed by atoms with Crippen molar-refractivity contribution >= 4 is 0 Å². The van der Waals surface area contributed by atoms with Crippen LogP contribution in [0, 0.1) is 0 Å². The second-order valence-electron chi connectivity index (χ2n) is 7.47. The lowest BCUT2D eigenvalue weighted by molar-refractivity contribution is 0.184. The Balaban J connectivity index is 3.44. The number of aliphatic hydroxyl groups excluding tert-OH is 4. The highest BCUT2D eigenvalue weighted by Crippen LogP contribution is 2.28. The highest BCUT2D eigenvalue weighted by Gasteiger charge is 2.20. The van der Waals surface area contributed by atoms with Crippen molar-refractivity contribution in [1.29, 1.82) is 0 Å². The van der Waals surface area contributed by atoms with Crippen LogP contribution < -0.4 is 11.1 Å². The van der Waals surface area contributed by atoms with Crippen molar-refractivity contribution in [3.05, 3.63) is 33.9 Å². The second-order valence-corrected chi connectivity index (χ2v) is 7.47. The average Bonchev–Trinajstić information content (AvgIpc) is 2.49. The lowest BCUT2D eigenvalue weighted by Crippen LogP contribution is -2.26. The van der Waals surface area contributed by atoms with Crippen LogP contribution in [0.4, 0.5) is 0 Å². The minimum absolute atomic E-state index is 0.329. The molecule has 0 aliphatic rings. The van der Waals surface area contributed by atoms with E-state index in [4.69, 9.17) is 5.73 Å². The highest BCUT2D eigenvalue weighted by molar-refractivity contribution is 5.47. The molecule has 0 aliphatic heterocycles. The maximum absolute atomic E-state index is 10.00. The predicted octanol–water partition coefficient (Wildman–Crippen LogP) is 0.386. The van der Waals surface area contributed by atoms with Crippen molar-refractivity contribution in [3.63, 3.8) is 0 Å². The van der Waals surface area contributed by atoms with Crippen LogP contribution in [-0.4, -0.2) is 51.4 Å². The summed E-state index contributed by atoms with van der Waals surface area (Å²) in [5.41, 5.74) is 10.9. The molecule has 4 atom stereocenters. The topological polar surface area (TPSA) is 119 Å². The van der Waals surface area contributed by atoms with Crippen LogP contribution >= 0.6 is 0 Å². The minimum atomic E-state index is -0.534. The third-order valence-corrected chi connectivity index (χ3v) is 4.33. The molecule has 4 unspecified atom stereocenters. The van der Waals surface area contributed by atoms with Crippen molar-refractivity contribution in [2.75, 3.05) is 6.54 Å². The fourth-order valence-electron chi connectivity index (χ4n) is 3.37. The zero-order valence-corrected chi connectivity index (χ0v) is 16.5. The predicted molar refractivity (Wildman–Crippen MR) is 104 cm³/mol. The van der Waals surface area contributed by atoms with E-state index >= 15 is 0 Å². The van der Waals surface area contributed by atoms with Crippen molar-refractivity contribution in [3.8, 4) is 0 Å². The minimum Gasteiger partial charge on any atom is -0.393 e. The summed E-state index contributed by atoms with van der Waals surface area (Å²) in [7, 11) is 0. The van der Waals surface area contributed by atoms with E-state index in [1.54, 1.807) is 27.7 Å². The first-order valence-corrected chi connectivity index (χ1v) is 9.44. The van der Waals surface area contributed by atoms with Gasteiger partial charge in [0, 0.05) is 19.6 Å². The Bertz CT molecular complexity index is 557. The molecule has 0 heterocycles. The number of nitrogens with one attached hydrogen (secondary N) is 1. The molecule has 0 bridgehead atoms. The van der Waals surface area contributed by atoms with E-state index in [2.05, 4.69) is 5.32 Å². The Hall–Kier alpha value is -1.02. The molecule has 0 aliphatic carbocycles. The average molecular weight is 369 g/mol. The zero-order valence-electron chi connectivity index (χ0n) is 16.5. The van der Waals surface area contributed by atoms with Gasteiger partial charge in [-0.15, -0.1) is 0 Å². The molecule has 7 N–H and O–H groups in total. The van der Waals surface area contributed by atoms with Crippen LogP contribution in [-0.2, 0) is 32.4 Å². The van der Waals surface area contributed by atoms with E-state index in [-0.39, 0.29) is 0 Å². The SMILES string of the molecule is CC(O)CNCc1cc(CC(C)O)c(CC(C)O)c(CC(C)O)c1CN. The molecule has 0 saturated carbocycles. The molecule has 0 radical (unpaired) electrons. The smallest absolute Gasteiger partial charge is 0.0636 e. The summed E-state index contributed by atoms with van der Waals surface area (Å²) in [6.07, 6.45) is -0.634. The molecular weight excluding hydrogens is 332 g/mol. The number of hydrogen-bond acceptors (Lipinski definition) is 6. The molecule has 0 aromatic heterocycles. The Kier molecular flexibility index (Phi) is 9.71. The number of hydrogen-bond donors (Lipinski definition) is 6. The van der Waals surface area contributed by atoms with Gasteiger partial charge in [0.25, 0.3) is 0 Å². The van der Waals surface area contributed by atoms with E-state index in [0.717, 1.165) is 27.8 Å². The van der Waals surface area contributed by atoms with E-state index in [1.165, 1.54) is 0 Å². The van der Waals surface area contributed by atoms with E-state index < -0.39 is 24.4 Å². The summed E-state index contributed by atoms with van der Waals surface area (Å²) in [5, 5.41) is 42.6. The molecular formula is C20H36N2O4. The first kappa shape index (κ1) is 23.0. The molecule has 6 heteroatoms. The standard InChI is InChI=1S/C20H36N2O4/c1-12(23)5-16-8-17(11-22-10-15(4)26)20(9-21)19(7-14(3)25)18(16)6-13(2)24/h8,12-15,22-26H,5-7,9-11,21H2,1-4H3. The summed E-state index contributed by atoms with van der Waals surface area (Å²) < 4.78 is 0. The second kappa shape index (κ2) is 11.0. The zero-order chi connectivity index (χ0) is 19.9. The van der Waals surface area contributed by atoms with Gasteiger partial charge >= 0.3 is 0 Å². The molecule has 0 amide bonds. The van der Waals surface area contributed by atoms with Gasteiger partial charge in [-0.05, 0) is 74.8 Å². The monoisotopic (exact) mass is 368 g/mol. The number of nitrogens with two attached hydrogens (primary N) is 1. The van der Waals surface area contributed by atoms with Crippen molar-refractivity contribution in [2.45, 2.75) is 84.5 Å². The van der Waals surface area contributed by atoms with Crippen LogP contribution in [0.25, 0.3) is 0 Å². The summed E-state index contributed by atoms with van der Waals surface area (Å²) in [4.78, 5) is 0. The van der Waals surface area contributed by atoms with Gasteiger partial charge in [-0.2, -0.15) is 0 Å². The fraction of sp³-hybridized carbons (Fsp3) is 0.700. The number of benzene rings is 1. The van der Waals surface area contributed by atoms with Gasteiger partial charge in [0.05, 0.1) is 24.4 Å². The Labute approximate surface area is 157 Å². The third kappa shape index (κ3) is 7.31. The van der Waals surface area contributed by atoms with E-state index in [9.17, 15) is 20.4 Å². The lowest BCUT2D eigenvalue weighted by atomic mass is 9.84. The Morgan fingerprint density at radius 3 is 1.77 bits per heavy atom. The maximum atomic E-state index is 10.00. The Morgan fingerprint density at radius 1 is 0.769 bits per heavy atom. The number of rotatable bonds is 11. The van der Waals surface area contributed by atoms with Gasteiger partial charge in [-0.3, -0.25) is 0 Å². The van der Waals surface area contributed by atoms with Crippen LogP contribution in [0.5, 0.6) is 0 Å². The van der Waals surface area contributed by atoms with Gasteiger partial charge in [-0.25, -0.2) is 0 Å². The quantitative estimate of drug-likeness (QED) is 0.336. The number of aliphatic hydroxyl groups is 4. The van der Waals surface area contributed by atoms with Gasteiger partial charge < -0.3 is 31.5 Å².